The molecule has 0 saturated carbocycles. The highest BCUT2D eigenvalue weighted by Crippen LogP contribution is 2.27. The van der Waals surface area contributed by atoms with Crippen LogP contribution in [0.15, 0.2) is 84.9 Å². The maximum atomic E-state index is 14.7. The molecule has 9 nitrogen and oxygen atoms in total. The Labute approximate surface area is 290 Å². The number of nitrogens with zero attached hydrogens (tertiary/aromatic N) is 1. The first kappa shape index (κ1) is 38.3. The van der Waals surface area contributed by atoms with E-state index in [0.29, 0.717) is 17.5 Å². The Morgan fingerprint density at radius 2 is 1.24 bits per heavy atom. The van der Waals surface area contributed by atoms with E-state index in [-0.39, 0.29) is 19.4 Å². The highest BCUT2D eigenvalue weighted by Gasteiger charge is 2.39. The van der Waals surface area contributed by atoms with Gasteiger partial charge < -0.3 is 25.0 Å². The zero-order chi connectivity index (χ0) is 36.2. The van der Waals surface area contributed by atoms with E-state index >= 15 is 0 Å². The Bertz CT molecular complexity index is 1600. The predicted molar refractivity (Wildman–Crippen MR) is 190 cm³/mol. The van der Waals surface area contributed by atoms with Crippen LogP contribution in [0.25, 0.3) is 0 Å². The van der Waals surface area contributed by atoms with Gasteiger partial charge in [0.1, 0.15) is 29.3 Å². The van der Waals surface area contributed by atoms with Crippen molar-refractivity contribution in [2.45, 2.75) is 97.1 Å². The minimum Gasteiger partial charge on any atom is -0.458 e. The predicted octanol–water partition coefficient (Wildman–Crippen LogP) is 6.15. The van der Waals surface area contributed by atoms with Crippen LogP contribution in [0.1, 0.15) is 83.2 Å². The standard InChI is InChI=1S/C40H49N3O6/c1-9-25-43(36(45)32(26-28-19-13-11-14-20-28)42-38(47)49-40(6,7)8)34(31-24-18-17-23-30(31)10-2)35(44)41-33(37(46)48-39(3,4)5)27-29-21-15-12-16-22-29/h2,11-24,32-34H,9,25-27H2,1,3-8H3,(H,41,44)(H,42,47). The number of nitrogens with one attached hydrogen (secondary N) is 2. The van der Waals surface area contributed by atoms with Crippen molar-refractivity contribution in [1.82, 2.24) is 15.5 Å². The van der Waals surface area contributed by atoms with Crippen LogP contribution in [0, 0.1) is 12.3 Å². The van der Waals surface area contributed by atoms with Crippen molar-refractivity contribution in [2.75, 3.05) is 6.54 Å². The van der Waals surface area contributed by atoms with Gasteiger partial charge in [-0.25, -0.2) is 9.59 Å². The minimum atomic E-state index is -1.25. The number of hydrogen-bond donors (Lipinski definition) is 2. The zero-order valence-electron chi connectivity index (χ0n) is 29.6. The number of rotatable bonds is 13. The van der Waals surface area contributed by atoms with Crippen LogP contribution in [-0.4, -0.2) is 58.6 Å². The number of alkyl carbamates (subject to hydrolysis) is 1. The lowest BCUT2D eigenvalue weighted by atomic mass is 9.95. The molecule has 3 unspecified atom stereocenters. The third-order valence-electron chi connectivity index (χ3n) is 7.28. The van der Waals surface area contributed by atoms with E-state index in [2.05, 4.69) is 16.6 Å². The first-order valence-electron chi connectivity index (χ1n) is 16.6. The summed E-state index contributed by atoms with van der Waals surface area (Å²) in [6.45, 7) is 12.5. The maximum Gasteiger partial charge on any atom is 0.408 e. The summed E-state index contributed by atoms with van der Waals surface area (Å²) in [7, 11) is 0. The molecule has 0 aromatic heterocycles. The van der Waals surface area contributed by atoms with Gasteiger partial charge in [-0.15, -0.1) is 6.42 Å². The zero-order valence-corrected chi connectivity index (χ0v) is 29.6. The van der Waals surface area contributed by atoms with Crippen LogP contribution in [0.2, 0.25) is 0 Å². The average molecular weight is 668 g/mol. The van der Waals surface area contributed by atoms with Gasteiger partial charge in [-0.05, 0) is 70.7 Å². The maximum absolute atomic E-state index is 14.7. The van der Waals surface area contributed by atoms with Gasteiger partial charge in [0.25, 0.3) is 0 Å². The van der Waals surface area contributed by atoms with Gasteiger partial charge in [0.05, 0.1) is 0 Å². The van der Waals surface area contributed by atoms with E-state index in [0.717, 1.165) is 11.1 Å². The van der Waals surface area contributed by atoms with Crippen LogP contribution >= 0.6 is 0 Å². The van der Waals surface area contributed by atoms with E-state index in [1.807, 2.05) is 67.6 Å². The molecule has 0 radical (unpaired) electrons. The number of terminal acetylenes is 1. The molecule has 9 heteroatoms. The van der Waals surface area contributed by atoms with E-state index < -0.39 is 53.2 Å². The third kappa shape index (κ3) is 12.1. The minimum absolute atomic E-state index is 0.138. The lowest BCUT2D eigenvalue weighted by molar-refractivity contribution is -0.159. The van der Waals surface area contributed by atoms with Crippen molar-refractivity contribution in [3.05, 3.63) is 107 Å². The molecule has 0 aliphatic heterocycles. The first-order chi connectivity index (χ1) is 23.1. The number of amides is 3. The van der Waals surface area contributed by atoms with Crippen molar-refractivity contribution in [3.63, 3.8) is 0 Å². The Hall–Kier alpha value is -5.10. The molecule has 0 bridgehead atoms. The van der Waals surface area contributed by atoms with Crippen molar-refractivity contribution >= 4 is 23.9 Å². The molecule has 2 N–H and O–H groups in total. The molecule has 49 heavy (non-hydrogen) atoms. The Balaban J connectivity index is 2.11. The molecule has 260 valence electrons. The molecule has 3 aromatic rings. The normalized spacial score (nSPS) is 13.2. The number of carbonyl (C=O) groups is 4. The van der Waals surface area contributed by atoms with Gasteiger partial charge in [0, 0.05) is 24.9 Å². The third-order valence-corrected chi connectivity index (χ3v) is 7.28. The largest absolute Gasteiger partial charge is 0.458 e. The smallest absolute Gasteiger partial charge is 0.408 e. The fourth-order valence-corrected chi connectivity index (χ4v) is 5.29. The number of benzene rings is 3. The van der Waals surface area contributed by atoms with Crippen molar-refractivity contribution in [2.24, 2.45) is 0 Å². The summed E-state index contributed by atoms with van der Waals surface area (Å²) in [6, 6.07) is 22.0. The highest BCUT2D eigenvalue weighted by atomic mass is 16.6. The lowest BCUT2D eigenvalue weighted by Crippen LogP contribution is -2.55. The second kappa shape index (κ2) is 17.3. The molecule has 0 aliphatic carbocycles. The monoisotopic (exact) mass is 667 g/mol. The Kier molecular flexibility index (Phi) is 13.6. The van der Waals surface area contributed by atoms with Crippen LogP contribution in [-0.2, 0) is 36.7 Å². The van der Waals surface area contributed by atoms with E-state index in [4.69, 9.17) is 15.9 Å². The fraction of sp³-hybridized carbons (Fsp3) is 0.400. The van der Waals surface area contributed by atoms with Crippen LogP contribution < -0.4 is 10.6 Å². The summed E-state index contributed by atoms with van der Waals surface area (Å²) in [5.41, 5.74) is 0.804. The Morgan fingerprint density at radius 1 is 0.735 bits per heavy atom. The number of hydrogen-bond acceptors (Lipinski definition) is 6. The van der Waals surface area contributed by atoms with E-state index in [1.54, 1.807) is 65.8 Å². The van der Waals surface area contributed by atoms with Gasteiger partial charge in [0.2, 0.25) is 11.8 Å². The number of carbonyl (C=O) groups excluding carboxylic acids is 4. The molecule has 0 heterocycles. The van der Waals surface area contributed by atoms with Gasteiger partial charge in [-0.1, -0.05) is 91.7 Å². The summed E-state index contributed by atoms with van der Waals surface area (Å²) in [5, 5.41) is 5.66. The van der Waals surface area contributed by atoms with Crippen molar-refractivity contribution < 1.29 is 28.7 Å². The molecule has 3 atom stereocenters. The lowest BCUT2D eigenvalue weighted by Gasteiger charge is -2.35. The first-order valence-corrected chi connectivity index (χ1v) is 16.6. The molecule has 0 fully saturated rings. The number of esters is 1. The molecule has 0 aliphatic rings. The van der Waals surface area contributed by atoms with Gasteiger partial charge in [-0.3, -0.25) is 9.59 Å². The summed E-state index contributed by atoms with van der Waals surface area (Å²) in [5.74, 6) is 0.894. The SMILES string of the molecule is C#Cc1ccccc1C(C(=O)NC(Cc1ccccc1)C(=O)OC(C)(C)C)N(CCC)C(=O)C(Cc1ccccc1)NC(=O)OC(C)(C)C. The average Bonchev–Trinajstić information content (AvgIpc) is 3.03. The number of ether oxygens (including phenoxy) is 2. The summed E-state index contributed by atoms with van der Waals surface area (Å²) < 4.78 is 11.2. The van der Waals surface area contributed by atoms with Crippen molar-refractivity contribution in [3.8, 4) is 12.3 Å². The fourth-order valence-electron chi connectivity index (χ4n) is 5.29. The molecular formula is C40H49N3O6. The second-order valence-electron chi connectivity index (χ2n) is 13.8. The van der Waals surface area contributed by atoms with Crippen molar-refractivity contribution in [1.29, 1.82) is 0 Å². The Morgan fingerprint density at radius 3 is 1.76 bits per heavy atom. The van der Waals surface area contributed by atoms with Gasteiger partial charge in [0.15, 0.2) is 0 Å². The summed E-state index contributed by atoms with van der Waals surface area (Å²) in [4.78, 5) is 57.3. The van der Waals surface area contributed by atoms with E-state index in [1.165, 1.54) is 4.90 Å². The van der Waals surface area contributed by atoms with Crippen LogP contribution in [0.4, 0.5) is 4.79 Å². The van der Waals surface area contributed by atoms with Gasteiger partial charge >= 0.3 is 12.1 Å². The molecule has 3 aromatic carbocycles. The molecule has 3 rings (SSSR count). The van der Waals surface area contributed by atoms with Gasteiger partial charge in [-0.2, -0.15) is 0 Å². The molecule has 0 saturated heterocycles. The summed E-state index contributed by atoms with van der Waals surface area (Å²) >= 11 is 0. The molecule has 0 spiro atoms. The highest BCUT2D eigenvalue weighted by molar-refractivity contribution is 5.94. The summed E-state index contributed by atoms with van der Waals surface area (Å²) in [6.07, 6.45) is 5.92. The van der Waals surface area contributed by atoms with E-state index in [9.17, 15) is 19.2 Å². The van der Waals surface area contributed by atoms with Crippen LogP contribution in [0.3, 0.4) is 0 Å². The quantitative estimate of drug-likeness (QED) is 0.167. The molecule has 3 amide bonds. The topological polar surface area (TPSA) is 114 Å². The second-order valence-corrected chi connectivity index (χ2v) is 13.8. The van der Waals surface area contributed by atoms with Crippen LogP contribution in [0.5, 0.6) is 0 Å². The molecular weight excluding hydrogens is 618 g/mol.